The minimum Gasteiger partial charge on any atom is -0.334 e. The van der Waals surface area contributed by atoms with Crippen LogP contribution in [0.5, 0.6) is 0 Å². The van der Waals surface area contributed by atoms with Crippen molar-refractivity contribution >= 4 is 15.7 Å². The van der Waals surface area contributed by atoms with Gasteiger partial charge in [-0.2, -0.15) is 0 Å². The minimum absolute atomic E-state index is 0.220. The Morgan fingerprint density at radius 2 is 1.93 bits per heavy atom. The molecule has 0 saturated heterocycles. The second-order valence-corrected chi connectivity index (χ2v) is 8.56. The molecule has 1 N–H and O–H groups in total. The molecule has 28 heavy (non-hydrogen) atoms. The van der Waals surface area contributed by atoms with Gasteiger partial charge >= 0.3 is 0 Å². The van der Waals surface area contributed by atoms with Gasteiger partial charge in [0.15, 0.2) is 0 Å². The highest BCUT2D eigenvalue weighted by atomic mass is 32.2. The summed E-state index contributed by atoms with van der Waals surface area (Å²) >= 11 is 0. The van der Waals surface area contributed by atoms with Gasteiger partial charge in [0.25, 0.3) is 0 Å². The molecule has 0 radical (unpaired) electrons. The number of anilines is 1. The number of hydrogen-bond donors (Lipinski definition) is 1. The van der Waals surface area contributed by atoms with Gasteiger partial charge in [0.05, 0.1) is 17.1 Å². The van der Waals surface area contributed by atoms with Crippen LogP contribution in [0.2, 0.25) is 0 Å². The highest BCUT2D eigenvalue weighted by Crippen LogP contribution is 2.30. The van der Waals surface area contributed by atoms with Crippen LogP contribution in [-0.4, -0.2) is 18.0 Å². The second-order valence-electron chi connectivity index (χ2n) is 6.84. The summed E-state index contributed by atoms with van der Waals surface area (Å²) in [5.74, 6) is -1.12. The van der Waals surface area contributed by atoms with Crippen LogP contribution in [-0.2, 0) is 28.7 Å². The number of nitrogens with zero attached hydrogens (tertiary/aromatic N) is 2. The summed E-state index contributed by atoms with van der Waals surface area (Å²) in [6.07, 6.45) is 5.00. The zero-order chi connectivity index (χ0) is 19.7. The van der Waals surface area contributed by atoms with E-state index in [2.05, 4.69) is 14.3 Å². The van der Waals surface area contributed by atoms with Gasteiger partial charge < -0.3 is 4.57 Å². The molecular formula is C20H19F2N3O2S. The molecule has 1 aliphatic rings. The van der Waals surface area contributed by atoms with Crippen molar-refractivity contribution in [2.45, 2.75) is 31.6 Å². The highest BCUT2D eigenvalue weighted by molar-refractivity contribution is 7.91. The summed E-state index contributed by atoms with van der Waals surface area (Å²) < 4.78 is 57.0. The van der Waals surface area contributed by atoms with E-state index in [1.807, 2.05) is 6.20 Å². The van der Waals surface area contributed by atoms with E-state index in [0.717, 1.165) is 49.8 Å². The van der Waals surface area contributed by atoms with Crippen molar-refractivity contribution in [3.8, 4) is 11.3 Å². The molecule has 1 aromatic heterocycles. The largest absolute Gasteiger partial charge is 0.334 e. The summed E-state index contributed by atoms with van der Waals surface area (Å²) in [5.41, 5.74) is 1.47. The van der Waals surface area contributed by atoms with E-state index in [9.17, 15) is 17.2 Å². The molecule has 8 heteroatoms. The summed E-state index contributed by atoms with van der Waals surface area (Å²) in [4.78, 5) is 4.64. The summed E-state index contributed by atoms with van der Waals surface area (Å²) in [6, 6.07) is 9.70. The SMILES string of the molecule is O=S(=O)(Cc1cc(F)ccc1F)Nc1ccccc1-c1cn2c(n1)CCCC2. The van der Waals surface area contributed by atoms with E-state index in [0.29, 0.717) is 16.9 Å². The van der Waals surface area contributed by atoms with Gasteiger partial charge in [-0.25, -0.2) is 22.2 Å². The maximum Gasteiger partial charge on any atom is 0.237 e. The number of imidazole rings is 1. The number of rotatable bonds is 5. The molecule has 0 bridgehead atoms. The van der Waals surface area contributed by atoms with E-state index < -0.39 is 27.4 Å². The Hall–Kier alpha value is -2.74. The van der Waals surface area contributed by atoms with Crippen molar-refractivity contribution in [3.05, 3.63) is 71.7 Å². The van der Waals surface area contributed by atoms with Gasteiger partial charge in [-0.1, -0.05) is 18.2 Å². The zero-order valence-electron chi connectivity index (χ0n) is 15.0. The minimum atomic E-state index is -3.95. The highest BCUT2D eigenvalue weighted by Gasteiger charge is 2.19. The van der Waals surface area contributed by atoms with Gasteiger partial charge in [-0.05, 0) is 37.1 Å². The third-order valence-corrected chi connectivity index (χ3v) is 5.95. The number of sulfonamides is 1. The zero-order valence-corrected chi connectivity index (χ0v) is 15.8. The molecule has 0 aliphatic carbocycles. The fraction of sp³-hybridized carbons (Fsp3) is 0.250. The normalized spacial score (nSPS) is 13.9. The molecule has 146 valence electrons. The molecule has 0 unspecified atom stereocenters. The van der Waals surface area contributed by atoms with Crippen molar-refractivity contribution in [1.29, 1.82) is 0 Å². The third-order valence-electron chi connectivity index (χ3n) is 4.73. The van der Waals surface area contributed by atoms with Crippen LogP contribution in [0.4, 0.5) is 14.5 Å². The molecule has 5 nitrogen and oxygen atoms in total. The van der Waals surface area contributed by atoms with E-state index in [4.69, 9.17) is 0 Å². The second kappa shape index (κ2) is 7.35. The number of nitrogens with one attached hydrogen (secondary N) is 1. The number of aromatic nitrogens is 2. The molecule has 0 saturated carbocycles. The fourth-order valence-corrected chi connectivity index (χ4v) is 4.62. The van der Waals surface area contributed by atoms with E-state index in [-0.39, 0.29) is 5.56 Å². The number of fused-ring (bicyclic) bond motifs is 1. The maximum atomic E-state index is 13.8. The van der Waals surface area contributed by atoms with Crippen LogP contribution in [0.1, 0.15) is 24.2 Å². The average Bonchev–Trinajstić information content (AvgIpc) is 3.08. The Labute approximate surface area is 162 Å². The molecule has 4 rings (SSSR count). The number of aryl methyl sites for hydroxylation is 2. The van der Waals surface area contributed by atoms with E-state index >= 15 is 0 Å². The Morgan fingerprint density at radius 3 is 2.75 bits per heavy atom. The first-order valence-corrected chi connectivity index (χ1v) is 10.7. The Bertz CT molecular complexity index is 1100. The average molecular weight is 403 g/mol. The number of hydrogen-bond acceptors (Lipinski definition) is 3. The monoisotopic (exact) mass is 403 g/mol. The molecule has 0 amide bonds. The predicted octanol–water partition coefficient (Wildman–Crippen LogP) is 4.11. The lowest BCUT2D eigenvalue weighted by atomic mass is 10.1. The van der Waals surface area contributed by atoms with Crippen LogP contribution >= 0.6 is 0 Å². The summed E-state index contributed by atoms with van der Waals surface area (Å²) in [7, 11) is -3.95. The molecule has 0 atom stereocenters. The van der Waals surface area contributed by atoms with Crippen molar-refractivity contribution in [2.75, 3.05) is 4.72 Å². The number of halogens is 2. The lowest BCUT2D eigenvalue weighted by molar-refractivity contribution is 0.522. The van der Waals surface area contributed by atoms with Crippen molar-refractivity contribution < 1.29 is 17.2 Å². The smallest absolute Gasteiger partial charge is 0.237 e. The molecule has 3 aromatic rings. The first-order chi connectivity index (χ1) is 13.4. The lowest BCUT2D eigenvalue weighted by Crippen LogP contribution is -2.16. The lowest BCUT2D eigenvalue weighted by Gasteiger charge is -2.12. The molecule has 0 spiro atoms. The first kappa shape index (κ1) is 18.6. The van der Waals surface area contributed by atoms with Crippen LogP contribution in [0, 0.1) is 11.6 Å². The van der Waals surface area contributed by atoms with Gasteiger partial charge in [0, 0.05) is 30.3 Å². The third kappa shape index (κ3) is 3.91. The predicted molar refractivity (Wildman–Crippen MR) is 103 cm³/mol. The van der Waals surface area contributed by atoms with Gasteiger partial charge in [0.2, 0.25) is 10.0 Å². The van der Waals surface area contributed by atoms with Crippen molar-refractivity contribution in [1.82, 2.24) is 9.55 Å². The van der Waals surface area contributed by atoms with E-state index in [1.54, 1.807) is 24.3 Å². The van der Waals surface area contributed by atoms with Gasteiger partial charge in [-0.15, -0.1) is 0 Å². The molecule has 1 aliphatic heterocycles. The topological polar surface area (TPSA) is 64.0 Å². The summed E-state index contributed by atoms with van der Waals surface area (Å²) in [5, 5.41) is 0. The molecule has 2 heterocycles. The molecular weight excluding hydrogens is 384 g/mol. The van der Waals surface area contributed by atoms with Crippen LogP contribution in [0.15, 0.2) is 48.7 Å². The van der Waals surface area contributed by atoms with Crippen LogP contribution < -0.4 is 4.72 Å². The quantitative estimate of drug-likeness (QED) is 0.697. The standard InChI is InChI=1S/C20H19F2N3O2S/c21-15-8-9-17(22)14(11-15)13-28(26,27)24-18-6-2-1-5-16(18)19-12-25-10-4-3-7-20(25)23-19/h1-2,5-6,8-9,11-12,24H,3-4,7,10,13H2. The number of para-hydroxylation sites is 1. The Morgan fingerprint density at radius 1 is 1.11 bits per heavy atom. The van der Waals surface area contributed by atoms with Crippen molar-refractivity contribution in [3.63, 3.8) is 0 Å². The molecule has 0 fully saturated rings. The summed E-state index contributed by atoms with van der Waals surface area (Å²) in [6.45, 7) is 0.898. The number of benzene rings is 2. The fourth-order valence-electron chi connectivity index (χ4n) is 3.40. The Kier molecular flexibility index (Phi) is 4.89. The van der Waals surface area contributed by atoms with Gasteiger partial charge in [-0.3, -0.25) is 4.72 Å². The maximum absolute atomic E-state index is 13.8. The van der Waals surface area contributed by atoms with Crippen LogP contribution in [0.3, 0.4) is 0 Å². The van der Waals surface area contributed by atoms with Crippen molar-refractivity contribution in [2.24, 2.45) is 0 Å². The van der Waals surface area contributed by atoms with Gasteiger partial charge in [0.1, 0.15) is 17.5 Å². The molecule has 2 aromatic carbocycles. The van der Waals surface area contributed by atoms with Crippen LogP contribution in [0.25, 0.3) is 11.3 Å². The Balaban J connectivity index is 1.63. The first-order valence-electron chi connectivity index (χ1n) is 9.01. The van der Waals surface area contributed by atoms with E-state index in [1.165, 1.54) is 0 Å².